The van der Waals surface area contributed by atoms with Crippen molar-refractivity contribution in [1.29, 1.82) is 0 Å². The highest BCUT2D eigenvalue weighted by atomic mass is 35.5. The Hall–Kier alpha value is -1.14. The Balaban J connectivity index is 2.01. The number of nitrogens with zero attached hydrogens (tertiary/aromatic N) is 3. The van der Waals surface area contributed by atoms with Crippen molar-refractivity contribution in [1.82, 2.24) is 15.0 Å². The van der Waals surface area contributed by atoms with Crippen molar-refractivity contribution in [2.75, 3.05) is 30.8 Å². The van der Waals surface area contributed by atoms with E-state index in [1.807, 2.05) is 0 Å². The third-order valence-corrected chi connectivity index (χ3v) is 2.91. The minimum absolute atomic E-state index is 0.0128. The molecule has 16 heavy (non-hydrogen) atoms. The number of hydrogen-bond donors (Lipinski definition) is 3. The minimum atomic E-state index is 0.0128. The van der Waals surface area contributed by atoms with Crippen molar-refractivity contribution in [3.63, 3.8) is 0 Å². The van der Waals surface area contributed by atoms with Gasteiger partial charge in [0.15, 0.2) is 0 Å². The monoisotopic (exact) mass is 243 g/mol. The van der Waals surface area contributed by atoms with Crippen LogP contribution in [-0.2, 0) is 0 Å². The summed E-state index contributed by atoms with van der Waals surface area (Å²) >= 11 is 5.74. The SMILES string of the molecule is CNc1nc(Cl)nc(NCC2(CO)CC2)n1. The Morgan fingerprint density at radius 1 is 1.31 bits per heavy atom. The zero-order valence-electron chi connectivity index (χ0n) is 9.00. The van der Waals surface area contributed by atoms with Crippen LogP contribution in [0.1, 0.15) is 12.8 Å². The number of halogens is 1. The topological polar surface area (TPSA) is 83.0 Å². The smallest absolute Gasteiger partial charge is 0.228 e. The zero-order chi connectivity index (χ0) is 11.6. The summed E-state index contributed by atoms with van der Waals surface area (Å²) in [6.07, 6.45) is 2.07. The molecule has 1 aromatic heterocycles. The Morgan fingerprint density at radius 3 is 2.56 bits per heavy atom. The van der Waals surface area contributed by atoms with Crippen LogP contribution in [0.25, 0.3) is 0 Å². The summed E-state index contributed by atoms with van der Waals surface area (Å²) in [4.78, 5) is 11.9. The van der Waals surface area contributed by atoms with E-state index in [1.165, 1.54) is 0 Å². The van der Waals surface area contributed by atoms with Gasteiger partial charge in [0.25, 0.3) is 0 Å². The quantitative estimate of drug-likeness (QED) is 0.708. The van der Waals surface area contributed by atoms with Gasteiger partial charge in [-0.2, -0.15) is 15.0 Å². The number of rotatable bonds is 5. The molecule has 1 aliphatic rings. The summed E-state index contributed by atoms with van der Waals surface area (Å²) in [5.74, 6) is 0.862. The van der Waals surface area contributed by atoms with Crippen LogP contribution in [0.2, 0.25) is 5.28 Å². The van der Waals surface area contributed by atoms with Crippen LogP contribution in [0.15, 0.2) is 0 Å². The molecule has 1 heterocycles. The molecule has 1 aliphatic carbocycles. The highest BCUT2D eigenvalue weighted by Gasteiger charge is 2.41. The molecule has 0 saturated heterocycles. The fraction of sp³-hybridized carbons (Fsp3) is 0.667. The van der Waals surface area contributed by atoms with Gasteiger partial charge in [-0.3, -0.25) is 0 Å². The van der Waals surface area contributed by atoms with Gasteiger partial charge < -0.3 is 15.7 Å². The van der Waals surface area contributed by atoms with E-state index in [2.05, 4.69) is 25.6 Å². The van der Waals surface area contributed by atoms with Gasteiger partial charge in [-0.25, -0.2) is 0 Å². The molecule has 0 radical (unpaired) electrons. The minimum Gasteiger partial charge on any atom is -0.396 e. The van der Waals surface area contributed by atoms with Gasteiger partial charge in [0.05, 0.1) is 6.61 Å². The van der Waals surface area contributed by atoms with Gasteiger partial charge in [0.1, 0.15) is 0 Å². The molecule has 0 bridgehead atoms. The molecule has 6 nitrogen and oxygen atoms in total. The first-order valence-corrected chi connectivity index (χ1v) is 5.49. The molecule has 1 saturated carbocycles. The van der Waals surface area contributed by atoms with Crippen LogP contribution in [0.4, 0.5) is 11.9 Å². The Kier molecular flexibility index (Phi) is 3.11. The lowest BCUT2D eigenvalue weighted by molar-refractivity contribution is 0.219. The van der Waals surface area contributed by atoms with Crippen LogP contribution in [-0.4, -0.2) is 40.3 Å². The fourth-order valence-corrected chi connectivity index (χ4v) is 1.54. The summed E-state index contributed by atoms with van der Waals surface area (Å²) in [5, 5.41) is 15.2. The average Bonchev–Trinajstić information content (AvgIpc) is 3.06. The summed E-state index contributed by atoms with van der Waals surface area (Å²) in [7, 11) is 1.71. The van der Waals surface area contributed by atoms with E-state index in [1.54, 1.807) is 7.05 Å². The predicted octanol–water partition coefficient (Wildman–Crippen LogP) is 0.751. The van der Waals surface area contributed by atoms with Gasteiger partial charge in [0, 0.05) is 19.0 Å². The molecule has 1 fully saturated rings. The maximum atomic E-state index is 9.16. The van der Waals surface area contributed by atoms with Crippen molar-refractivity contribution in [3.05, 3.63) is 5.28 Å². The van der Waals surface area contributed by atoms with E-state index in [9.17, 15) is 0 Å². The summed E-state index contributed by atoms with van der Waals surface area (Å²) in [6, 6.07) is 0. The standard InChI is InChI=1S/C9H14ClN5O/c1-11-7-13-6(10)14-8(15-7)12-4-9(5-16)2-3-9/h16H,2-5H2,1H3,(H2,11,12,13,14,15). The van der Waals surface area contributed by atoms with Crippen molar-refractivity contribution < 1.29 is 5.11 Å². The van der Waals surface area contributed by atoms with E-state index < -0.39 is 0 Å². The molecule has 3 N–H and O–H groups in total. The molecule has 0 spiro atoms. The van der Waals surface area contributed by atoms with Crippen LogP contribution in [0.5, 0.6) is 0 Å². The molecule has 1 aromatic rings. The first kappa shape index (κ1) is 11.3. The summed E-state index contributed by atoms with van der Waals surface area (Å²) < 4.78 is 0. The Morgan fingerprint density at radius 2 is 2.00 bits per heavy atom. The Bertz CT molecular complexity index is 382. The van der Waals surface area contributed by atoms with E-state index >= 15 is 0 Å². The zero-order valence-corrected chi connectivity index (χ0v) is 9.75. The number of aromatic nitrogens is 3. The van der Waals surface area contributed by atoms with E-state index in [0.717, 1.165) is 12.8 Å². The maximum absolute atomic E-state index is 9.16. The second kappa shape index (κ2) is 4.39. The van der Waals surface area contributed by atoms with Crippen molar-refractivity contribution in [2.45, 2.75) is 12.8 Å². The van der Waals surface area contributed by atoms with Crippen LogP contribution < -0.4 is 10.6 Å². The predicted molar refractivity (Wildman–Crippen MR) is 61.6 cm³/mol. The van der Waals surface area contributed by atoms with Crippen molar-refractivity contribution in [2.24, 2.45) is 5.41 Å². The third kappa shape index (κ3) is 2.51. The molecular formula is C9H14ClN5O. The Labute approximate surface area is 98.5 Å². The second-order valence-corrected chi connectivity index (χ2v) is 4.35. The van der Waals surface area contributed by atoms with Gasteiger partial charge in [-0.05, 0) is 24.4 Å². The maximum Gasteiger partial charge on any atom is 0.228 e. The number of anilines is 2. The number of aliphatic hydroxyl groups is 1. The molecule has 0 aliphatic heterocycles. The number of aliphatic hydroxyl groups excluding tert-OH is 1. The van der Waals surface area contributed by atoms with Crippen LogP contribution >= 0.6 is 11.6 Å². The lowest BCUT2D eigenvalue weighted by Gasteiger charge is -2.12. The van der Waals surface area contributed by atoms with Crippen molar-refractivity contribution in [3.8, 4) is 0 Å². The van der Waals surface area contributed by atoms with Gasteiger partial charge in [0.2, 0.25) is 17.2 Å². The van der Waals surface area contributed by atoms with Gasteiger partial charge in [-0.15, -0.1) is 0 Å². The molecule has 0 amide bonds. The molecule has 88 valence electrons. The highest BCUT2D eigenvalue weighted by Crippen LogP contribution is 2.44. The number of nitrogens with one attached hydrogen (secondary N) is 2. The first-order valence-electron chi connectivity index (χ1n) is 5.11. The summed E-state index contributed by atoms with van der Waals surface area (Å²) in [6.45, 7) is 0.852. The first-order chi connectivity index (χ1) is 7.67. The van der Waals surface area contributed by atoms with E-state index in [0.29, 0.717) is 18.4 Å². The van der Waals surface area contributed by atoms with Gasteiger partial charge in [-0.1, -0.05) is 0 Å². The fourth-order valence-electron chi connectivity index (χ4n) is 1.38. The molecule has 0 aromatic carbocycles. The second-order valence-electron chi connectivity index (χ2n) is 4.01. The van der Waals surface area contributed by atoms with Crippen LogP contribution in [0.3, 0.4) is 0 Å². The lowest BCUT2D eigenvalue weighted by atomic mass is 10.1. The van der Waals surface area contributed by atoms with Gasteiger partial charge >= 0.3 is 0 Å². The van der Waals surface area contributed by atoms with E-state index in [-0.39, 0.29) is 17.3 Å². The molecule has 2 rings (SSSR count). The largest absolute Gasteiger partial charge is 0.396 e. The summed E-state index contributed by atoms with van der Waals surface area (Å²) in [5.41, 5.74) is 0.0128. The molecule has 7 heteroatoms. The van der Waals surface area contributed by atoms with Crippen molar-refractivity contribution >= 4 is 23.5 Å². The normalized spacial score (nSPS) is 16.9. The van der Waals surface area contributed by atoms with E-state index in [4.69, 9.17) is 16.7 Å². The number of hydrogen-bond acceptors (Lipinski definition) is 6. The molecule has 0 atom stereocenters. The third-order valence-electron chi connectivity index (χ3n) is 2.75. The molecular weight excluding hydrogens is 230 g/mol. The lowest BCUT2D eigenvalue weighted by Crippen LogP contribution is -2.20. The van der Waals surface area contributed by atoms with Crippen LogP contribution in [0, 0.1) is 5.41 Å². The molecule has 0 unspecified atom stereocenters. The average molecular weight is 244 g/mol. The highest BCUT2D eigenvalue weighted by molar-refractivity contribution is 6.28.